The lowest BCUT2D eigenvalue weighted by molar-refractivity contribution is -0.121. The number of hydrogen-bond donors (Lipinski definition) is 2. The topological polar surface area (TPSA) is 41.1 Å². The maximum Gasteiger partial charge on any atom is 0.243 e. The maximum absolute atomic E-state index is 13.6. The van der Waals surface area contributed by atoms with Gasteiger partial charge in [0.25, 0.3) is 0 Å². The fourth-order valence-electron chi connectivity index (χ4n) is 2.44. The molecule has 1 unspecified atom stereocenters. The molecule has 1 heterocycles. The molecule has 1 aliphatic rings. The monoisotopic (exact) mass is 348 g/mol. The van der Waals surface area contributed by atoms with Gasteiger partial charge in [-0.3, -0.25) is 4.79 Å². The van der Waals surface area contributed by atoms with Gasteiger partial charge < -0.3 is 10.6 Å². The molecule has 0 aromatic heterocycles. The molecule has 5 heteroatoms. The molecule has 1 atom stereocenters. The molecule has 0 aliphatic carbocycles. The molecule has 0 spiro atoms. The van der Waals surface area contributed by atoms with Gasteiger partial charge in [-0.25, -0.2) is 4.39 Å². The predicted molar refractivity (Wildman–Crippen MR) is 83.5 cm³/mol. The molecule has 3 rings (SSSR count). The van der Waals surface area contributed by atoms with E-state index in [-0.39, 0.29) is 24.3 Å². The minimum Gasteiger partial charge on any atom is -0.373 e. The summed E-state index contributed by atoms with van der Waals surface area (Å²) in [5, 5.41) is 5.96. The number of para-hydroxylation sites is 1. The molecule has 21 heavy (non-hydrogen) atoms. The summed E-state index contributed by atoms with van der Waals surface area (Å²) in [7, 11) is 0. The van der Waals surface area contributed by atoms with Crippen LogP contribution in [0.15, 0.2) is 46.9 Å². The molecule has 2 N–H and O–H groups in total. The van der Waals surface area contributed by atoms with Crippen molar-refractivity contribution in [2.24, 2.45) is 0 Å². The second-order valence-electron chi connectivity index (χ2n) is 5.01. The van der Waals surface area contributed by atoms with Crippen LogP contribution < -0.4 is 10.6 Å². The lowest BCUT2D eigenvalue weighted by Crippen LogP contribution is -2.38. The number of fused-ring (bicyclic) bond motifs is 1. The van der Waals surface area contributed by atoms with E-state index in [0.717, 1.165) is 15.7 Å². The molecular weight excluding hydrogens is 335 g/mol. The fourth-order valence-corrected chi connectivity index (χ4v) is 2.85. The Kier molecular flexibility index (Phi) is 3.92. The first-order valence-corrected chi connectivity index (χ1v) is 7.49. The Bertz CT molecular complexity index is 665. The number of nitrogens with one attached hydrogen (secondary N) is 2. The van der Waals surface area contributed by atoms with Gasteiger partial charge in [0.2, 0.25) is 5.91 Å². The van der Waals surface area contributed by atoms with Crippen molar-refractivity contribution in [2.45, 2.75) is 19.0 Å². The van der Waals surface area contributed by atoms with E-state index in [9.17, 15) is 9.18 Å². The van der Waals surface area contributed by atoms with E-state index in [1.54, 1.807) is 12.1 Å². The Morgan fingerprint density at radius 3 is 2.95 bits per heavy atom. The van der Waals surface area contributed by atoms with E-state index in [1.807, 2.05) is 24.3 Å². The summed E-state index contributed by atoms with van der Waals surface area (Å²) < 4.78 is 14.4. The average molecular weight is 349 g/mol. The maximum atomic E-state index is 13.6. The first kappa shape index (κ1) is 14.1. The summed E-state index contributed by atoms with van der Waals surface area (Å²) in [4.78, 5) is 12.2. The number of hydrogen-bond acceptors (Lipinski definition) is 2. The van der Waals surface area contributed by atoms with Crippen LogP contribution in [0.25, 0.3) is 0 Å². The lowest BCUT2D eigenvalue weighted by Gasteiger charge is -2.12. The molecule has 0 radical (unpaired) electrons. The zero-order valence-corrected chi connectivity index (χ0v) is 12.8. The van der Waals surface area contributed by atoms with Crippen molar-refractivity contribution in [1.29, 1.82) is 0 Å². The Morgan fingerprint density at radius 1 is 1.33 bits per heavy atom. The van der Waals surface area contributed by atoms with Gasteiger partial charge in [-0.05, 0) is 29.8 Å². The lowest BCUT2D eigenvalue weighted by atomic mass is 10.1. The Balaban J connectivity index is 1.62. The highest BCUT2D eigenvalue weighted by Gasteiger charge is 2.26. The number of anilines is 1. The van der Waals surface area contributed by atoms with Crippen LogP contribution >= 0.6 is 15.9 Å². The quantitative estimate of drug-likeness (QED) is 0.893. The van der Waals surface area contributed by atoms with E-state index in [4.69, 9.17) is 0 Å². The standard InChI is InChI=1S/C16H14BrFN2O/c17-12-5-6-13(18)11(7-12)9-19-16(21)15-8-10-3-1-2-4-14(10)20-15/h1-7,15,20H,8-9H2,(H,19,21). The van der Waals surface area contributed by atoms with Gasteiger partial charge in [-0.15, -0.1) is 0 Å². The molecule has 0 saturated carbocycles. The van der Waals surface area contributed by atoms with Gasteiger partial charge in [0.15, 0.2) is 0 Å². The molecule has 2 aromatic rings. The number of rotatable bonds is 3. The molecule has 2 aromatic carbocycles. The van der Waals surface area contributed by atoms with Crippen molar-refractivity contribution >= 4 is 27.5 Å². The van der Waals surface area contributed by atoms with Crippen LogP contribution in [-0.4, -0.2) is 11.9 Å². The van der Waals surface area contributed by atoms with Crippen molar-refractivity contribution in [2.75, 3.05) is 5.32 Å². The Morgan fingerprint density at radius 2 is 2.14 bits per heavy atom. The SMILES string of the molecule is O=C(NCc1cc(Br)ccc1F)C1Cc2ccccc2N1. The number of halogens is 2. The Labute approximate surface area is 130 Å². The fraction of sp³-hybridized carbons (Fsp3) is 0.188. The van der Waals surface area contributed by atoms with Crippen molar-refractivity contribution < 1.29 is 9.18 Å². The molecule has 0 saturated heterocycles. The minimum atomic E-state index is -0.318. The second kappa shape index (κ2) is 5.85. The highest BCUT2D eigenvalue weighted by atomic mass is 79.9. The van der Waals surface area contributed by atoms with Crippen LogP contribution in [0.3, 0.4) is 0 Å². The van der Waals surface area contributed by atoms with Gasteiger partial charge in [0.1, 0.15) is 11.9 Å². The van der Waals surface area contributed by atoms with Crippen LogP contribution in [0.1, 0.15) is 11.1 Å². The van der Waals surface area contributed by atoms with Crippen molar-refractivity contribution in [3.8, 4) is 0 Å². The van der Waals surface area contributed by atoms with Gasteiger partial charge in [0.05, 0.1) is 0 Å². The second-order valence-corrected chi connectivity index (χ2v) is 5.93. The zero-order chi connectivity index (χ0) is 14.8. The van der Waals surface area contributed by atoms with E-state index in [0.29, 0.717) is 12.0 Å². The summed E-state index contributed by atoms with van der Waals surface area (Å²) >= 11 is 3.30. The number of benzene rings is 2. The number of carbonyl (C=O) groups is 1. The molecule has 1 amide bonds. The summed E-state index contributed by atoms with van der Waals surface area (Å²) in [6.45, 7) is 0.179. The smallest absolute Gasteiger partial charge is 0.243 e. The highest BCUT2D eigenvalue weighted by molar-refractivity contribution is 9.10. The van der Waals surface area contributed by atoms with E-state index < -0.39 is 0 Å². The molecule has 108 valence electrons. The molecular formula is C16H14BrFN2O. The summed E-state index contributed by atoms with van der Waals surface area (Å²) in [6.07, 6.45) is 0.656. The van der Waals surface area contributed by atoms with Crippen LogP contribution in [0.5, 0.6) is 0 Å². The first-order chi connectivity index (χ1) is 10.1. The predicted octanol–water partition coefficient (Wildman–Crippen LogP) is 3.24. The minimum absolute atomic E-state index is 0.120. The summed E-state index contributed by atoms with van der Waals surface area (Å²) in [5.41, 5.74) is 2.59. The number of carbonyl (C=O) groups excluding carboxylic acids is 1. The van der Waals surface area contributed by atoms with E-state index in [1.165, 1.54) is 6.07 Å². The molecule has 3 nitrogen and oxygen atoms in total. The summed E-state index contributed by atoms with van der Waals surface area (Å²) in [6, 6.07) is 12.2. The van der Waals surface area contributed by atoms with Crippen molar-refractivity contribution in [3.05, 3.63) is 63.9 Å². The molecule has 0 bridgehead atoms. The van der Waals surface area contributed by atoms with Crippen molar-refractivity contribution in [3.63, 3.8) is 0 Å². The third-order valence-electron chi connectivity index (χ3n) is 3.55. The third kappa shape index (κ3) is 3.08. The van der Waals surface area contributed by atoms with Gasteiger partial charge >= 0.3 is 0 Å². The molecule has 0 fully saturated rings. The van der Waals surface area contributed by atoms with Gasteiger partial charge in [0, 0.05) is 28.7 Å². The highest BCUT2D eigenvalue weighted by Crippen LogP contribution is 2.25. The van der Waals surface area contributed by atoms with Crippen LogP contribution in [0.4, 0.5) is 10.1 Å². The van der Waals surface area contributed by atoms with E-state index in [2.05, 4.69) is 26.6 Å². The van der Waals surface area contributed by atoms with Crippen LogP contribution in [0.2, 0.25) is 0 Å². The van der Waals surface area contributed by atoms with Crippen LogP contribution in [0, 0.1) is 5.82 Å². The third-order valence-corrected chi connectivity index (χ3v) is 4.04. The van der Waals surface area contributed by atoms with Crippen LogP contribution in [-0.2, 0) is 17.8 Å². The number of amides is 1. The van der Waals surface area contributed by atoms with Gasteiger partial charge in [-0.1, -0.05) is 34.1 Å². The zero-order valence-electron chi connectivity index (χ0n) is 11.2. The van der Waals surface area contributed by atoms with Crippen molar-refractivity contribution in [1.82, 2.24) is 5.32 Å². The molecule has 1 aliphatic heterocycles. The normalized spacial score (nSPS) is 16.2. The van der Waals surface area contributed by atoms with E-state index >= 15 is 0 Å². The summed E-state index contributed by atoms with van der Waals surface area (Å²) in [5.74, 6) is -0.438. The average Bonchev–Trinajstić information content (AvgIpc) is 2.92. The van der Waals surface area contributed by atoms with Gasteiger partial charge in [-0.2, -0.15) is 0 Å². The largest absolute Gasteiger partial charge is 0.373 e. The first-order valence-electron chi connectivity index (χ1n) is 6.69. The Hall–Kier alpha value is -1.88.